The first-order chi connectivity index (χ1) is 11.0. The highest BCUT2D eigenvalue weighted by Gasteiger charge is 2.19. The second kappa shape index (κ2) is 6.35. The van der Waals surface area contributed by atoms with Crippen LogP contribution >= 0.6 is 22.7 Å². The monoisotopic (exact) mass is 347 g/mol. The molecule has 23 heavy (non-hydrogen) atoms. The maximum absolute atomic E-state index is 11.9. The lowest BCUT2D eigenvalue weighted by molar-refractivity contribution is -0.125. The topological polar surface area (TPSA) is 94.3 Å². The normalized spacial score (nSPS) is 12.0. The number of benzene rings is 1. The van der Waals surface area contributed by atoms with E-state index in [1.54, 1.807) is 6.07 Å². The smallest absolute Gasteiger partial charge is 0.349 e. The summed E-state index contributed by atoms with van der Waals surface area (Å²) in [5.74, 6) is -1.24. The Morgan fingerprint density at radius 2 is 2.00 bits per heavy atom. The molecule has 0 spiro atoms. The first-order valence-electron chi connectivity index (χ1n) is 6.75. The molecule has 1 aromatic carbocycles. The van der Waals surface area contributed by atoms with E-state index in [4.69, 9.17) is 10.5 Å². The standard InChI is InChI=1S/C15H13N3O3S2/c1-8(12(16)19)21-14(20)11-7-10-13(22-11)18-15(23-10)17-9-5-3-2-4-6-9/h2-8H,1H3,(H2,16,19)(H,17,18). The second-order valence-electron chi connectivity index (χ2n) is 4.74. The van der Waals surface area contributed by atoms with Gasteiger partial charge in [-0.3, -0.25) is 4.79 Å². The van der Waals surface area contributed by atoms with Crippen molar-refractivity contribution in [2.75, 3.05) is 5.32 Å². The minimum atomic E-state index is -0.953. The number of thiazole rings is 1. The van der Waals surface area contributed by atoms with Gasteiger partial charge in [-0.2, -0.15) is 0 Å². The number of primary amides is 1. The fourth-order valence-electron chi connectivity index (χ4n) is 1.81. The highest BCUT2D eigenvalue weighted by atomic mass is 32.1. The Morgan fingerprint density at radius 3 is 2.65 bits per heavy atom. The number of nitrogens with zero attached hydrogens (tertiary/aromatic N) is 1. The van der Waals surface area contributed by atoms with Gasteiger partial charge in [-0.15, -0.1) is 11.3 Å². The van der Waals surface area contributed by atoms with Gasteiger partial charge in [-0.05, 0) is 25.1 Å². The third-order valence-electron chi connectivity index (χ3n) is 3.00. The van der Waals surface area contributed by atoms with Crippen LogP contribution in [0.4, 0.5) is 10.8 Å². The van der Waals surface area contributed by atoms with Crippen LogP contribution in [-0.2, 0) is 9.53 Å². The van der Waals surface area contributed by atoms with Crippen molar-refractivity contribution < 1.29 is 14.3 Å². The molecule has 1 atom stereocenters. The van der Waals surface area contributed by atoms with Gasteiger partial charge in [-0.1, -0.05) is 29.5 Å². The molecule has 0 radical (unpaired) electrons. The number of nitrogens with one attached hydrogen (secondary N) is 1. The number of ether oxygens (including phenoxy) is 1. The van der Waals surface area contributed by atoms with E-state index in [1.807, 2.05) is 30.3 Å². The zero-order valence-corrected chi connectivity index (χ0v) is 13.7. The van der Waals surface area contributed by atoms with Gasteiger partial charge in [0.15, 0.2) is 11.2 Å². The summed E-state index contributed by atoms with van der Waals surface area (Å²) in [6, 6.07) is 11.4. The van der Waals surface area contributed by atoms with Crippen molar-refractivity contribution in [1.29, 1.82) is 0 Å². The Kier molecular flexibility index (Phi) is 4.26. The minimum Gasteiger partial charge on any atom is -0.448 e. The van der Waals surface area contributed by atoms with E-state index < -0.39 is 18.0 Å². The van der Waals surface area contributed by atoms with Gasteiger partial charge in [0.2, 0.25) is 0 Å². The maximum atomic E-state index is 11.9. The van der Waals surface area contributed by atoms with Crippen LogP contribution < -0.4 is 11.1 Å². The van der Waals surface area contributed by atoms with E-state index >= 15 is 0 Å². The predicted molar refractivity (Wildman–Crippen MR) is 91.3 cm³/mol. The number of esters is 1. The fourth-order valence-corrected chi connectivity index (χ4v) is 3.83. The third kappa shape index (κ3) is 3.49. The molecule has 0 aliphatic carbocycles. The van der Waals surface area contributed by atoms with Crippen LogP contribution in [0.15, 0.2) is 36.4 Å². The lowest BCUT2D eigenvalue weighted by Crippen LogP contribution is -2.30. The summed E-state index contributed by atoms with van der Waals surface area (Å²) in [5.41, 5.74) is 6.03. The van der Waals surface area contributed by atoms with Crippen LogP contribution in [0.5, 0.6) is 0 Å². The molecule has 3 rings (SSSR count). The largest absolute Gasteiger partial charge is 0.448 e. The molecule has 2 aromatic heterocycles. The average Bonchev–Trinajstić information content (AvgIpc) is 3.06. The second-order valence-corrected chi connectivity index (χ2v) is 6.80. The van der Waals surface area contributed by atoms with Crippen LogP contribution in [-0.4, -0.2) is 23.0 Å². The zero-order chi connectivity index (χ0) is 16.4. The van der Waals surface area contributed by atoms with Gasteiger partial charge in [0, 0.05) is 5.69 Å². The van der Waals surface area contributed by atoms with E-state index in [-0.39, 0.29) is 0 Å². The summed E-state index contributed by atoms with van der Waals surface area (Å²) in [4.78, 5) is 28.5. The van der Waals surface area contributed by atoms with E-state index in [9.17, 15) is 9.59 Å². The number of hydrogen-bond acceptors (Lipinski definition) is 7. The van der Waals surface area contributed by atoms with Gasteiger partial charge < -0.3 is 15.8 Å². The minimum absolute atomic E-state index is 0.401. The Balaban J connectivity index is 1.75. The molecule has 1 amide bonds. The molecule has 8 heteroatoms. The average molecular weight is 347 g/mol. The molecule has 0 fully saturated rings. The number of hydrogen-bond donors (Lipinski definition) is 2. The van der Waals surface area contributed by atoms with Crippen LogP contribution in [0, 0.1) is 0 Å². The van der Waals surface area contributed by atoms with Crippen molar-refractivity contribution in [2.45, 2.75) is 13.0 Å². The predicted octanol–water partition coefficient (Wildman–Crippen LogP) is 3.13. The number of nitrogens with two attached hydrogens (primary N) is 1. The number of thiophene rings is 1. The summed E-state index contributed by atoms with van der Waals surface area (Å²) >= 11 is 2.67. The molecular weight excluding hydrogens is 334 g/mol. The van der Waals surface area contributed by atoms with Crippen molar-refractivity contribution in [1.82, 2.24) is 4.98 Å². The summed E-state index contributed by atoms with van der Waals surface area (Å²) in [6.07, 6.45) is -0.953. The Morgan fingerprint density at radius 1 is 1.26 bits per heavy atom. The molecule has 0 saturated carbocycles. The lowest BCUT2D eigenvalue weighted by Gasteiger charge is -2.07. The number of carbonyl (C=O) groups is 2. The highest BCUT2D eigenvalue weighted by molar-refractivity contribution is 7.29. The first-order valence-corrected chi connectivity index (χ1v) is 8.39. The summed E-state index contributed by atoms with van der Waals surface area (Å²) < 4.78 is 5.86. The fraction of sp³-hybridized carbons (Fsp3) is 0.133. The maximum Gasteiger partial charge on any atom is 0.349 e. The molecule has 6 nitrogen and oxygen atoms in total. The molecule has 2 heterocycles. The Hall–Kier alpha value is -2.45. The summed E-state index contributed by atoms with van der Waals surface area (Å²) in [6.45, 7) is 1.44. The molecule has 0 bridgehead atoms. The zero-order valence-electron chi connectivity index (χ0n) is 12.1. The van der Waals surface area contributed by atoms with E-state index in [0.717, 1.165) is 20.3 Å². The van der Waals surface area contributed by atoms with Crippen LogP contribution in [0.1, 0.15) is 16.6 Å². The number of rotatable bonds is 5. The van der Waals surface area contributed by atoms with Crippen LogP contribution in [0.25, 0.3) is 9.53 Å². The highest BCUT2D eigenvalue weighted by Crippen LogP contribution is 2.34. The molecular formula is C15H13N3O3S2. The van der Waals surface area contributed by atoms with Crippen molar-refractivity contribution in [2.24, 2.45) is 5.73 Å². The van der Waals surface area contributed by atoms with Crippen molar-refractivity contribution in [3.63, 3.8) is 0 Å². The molecule has 1 unspecified atom stereocenters. The van der Waals surface area contributed by atoms with Crippen molar-refractivity contribution in [3.8, 4) is 0 Å². The molecule has 3 aromatic rings. The van der Waals surface area contributed by atoms with Crippen LogP contribution in [0.3, 0.4) is 0 Å². The molecule has 118 valence electrons. The SMILES string of the molecule is CC(OC(=O)c1cc2sc(Nc3ccccc3)nc2s1)C(N)=O. The van der Waals surface area contributed by atoms with Gasteiger partial charge in [0.05, 0.1) is 4.70 Å². The molecule has 0 saturated heterocycles. The summed E-state index contributed by atoms with van der Waals surface area (Å²) in [5, 5.41) is 3.96. The quantitative estimate of drug-likeness (QED) is 0.692. The number of fused-ring (bicyclic) bond motifs is 1. The van der Waals surface area contributed by atoms with Gasteiger partial charge in [0.25, 0.3) is 5.91 Å². The number of amides is 1. The molecule has 0 aliphatic heterocycles. The van der Waals surface area contributed by atoms with Gasteiger partial charge in [-0.25, -0.2) is 9.78 Å². The van der Waals surface area contributed by atoms with Crippen LogP contribution in [0.2, 0.25) is 0 Å². The number of carbonyl (C=O) groups excluding carboxylic acids is 2. The molecule has 3 N–H and O–H groups in total. The van der Waals surface area contributed by atoms with Crippen molar-refractivity contribution in [3.05, 3.63) is 41.3 Å². The van der Waals surface area contributed by atoms with Crippen molar-refractivity contribution >= 4 is 54.9 Å². The first kappa shape index (κ1) is 15.4. The number of anilines is 2. The number of para-hydroxylation sites is 1. The Bertz CT molecular complexity index is 826. The lowest BCUT2D eigenvalue weighted by atomic mass is 10.3. The summed E-state index contributed by atoms with van der Waals surface area (Å²) in [7, 11) is 0. The van der Waals surface area contributed by atoms with E-state index in [1.165, 1.54) is 29.6 Å². The number of aromatic nitrogens is 1. The Labute approximate surface area is 139 Å². The van der Waals surface area contributed by atoms with E-state index in [0.29, 0.717) is 4.88 Å². The van der Waals surface area contributed by atoms with Gasteiger partial charge in [0.1, 0.15) is 9.71 Å². The molecule has 0 aliphatic rings. The van der Waals surface area contributed by atoms with Gasteiger partial charge >= 0.3 is 5.97 Å². The third-order valence-corrected chi connectivity index (χ3v) is 5.06. The van der Waals surface area contributed by atoms with E-state index in [2.05, 4.69) is 10.3 Å².